The van der Waals surface area contributed by atoms with E-state index in [4.69, 9.17) is 11.6 Å². The first-order valence-electron chi connectivity index (χ1n) is 4.23. The van der Waals surface area contributed by atoms with E-state index in [1.807, 2.05) is 6.92 Å². The smallest absolute Gasteiger partial charge is 0.133 e. The SMILES string of the molecule is C=C(C)C(=C)C(C=C(Cl)C(C)F)=NC. The zero-order valence-corrected chi connectivity index (χ0v) is 9.53. The van der Waals surface area contributed by atoms with Crippen LogP contribution in [0.15, 0.2) is 40.4 Å². The molecule has 3 heteroatoms. The lowest BCUT2D eigenvalue weighted by Crippen LogP contribution is -2.02. The van der Waals surface area contributed by atoms with Gasteiger partial charge >= 0.3 is 0 Å². The highest BCUT2D eigenvalue weighted by atomic mass is 35.5. The van der Waals surface area contributed by atoms with Crippen molar-refractivity contribution < 1.29 is 4.39 Å². The van der Waals surface area contributed by atoms with Crippen LogP contribution in [0.2, 0.25) is 0 Å². The Morgan fingerprint density at radius 1 is 1.50 bits per heavy atom. The number of hydrogen-bond donors (Lipinski definition) is 0. The quantitative estimate of drug-likeness (QED) is 0.501. The first-order valence-corrected chi connectivity index (χ1v) is 4.61. The monoisotopic (exact) mass is 215 g/mol. The van der Waals surface area contributed by atoms with Crippen LogP contribution in [0.1, 0.15) is 13.8 Å². The van der Waals surface area contributed by atoms with Crippen LogP contribution >= 0.6 is 11.6 Å². The van der Waals surface area contributed by atoms with Crippen LogP contribution in [-0.4, -0.2) is 18.9 Å². The van der Waals surface area contributed by atoms with Crippen molar-refractivity contribution in [3.8, 4) is 0 Å². The molecule has 0 bridgehead atoms. The molecule has 0 N–H and O–H groups in total. The Hall–Kier alpha value is -0.890. The number of rotatable bonds is 4. The number of alkyl halides is 1. The van der Waals surface area contributed by atoms with Crippen LogP contribution < -0.4 is 0 Å². The maximum Gasteiger partial charge on any atom is 0.133 e. The lowest BCUT2D eigenvalue weighted by atomic mass is 10.1. The molecular weight excluding hydrogens is 201 g/mol. The average Bonchev–Trinajstić information content (AvgIpc) is 2.12. The Balaban J connectivity index is 4.88. The molecule has 1 atom stereocenters. The number of hydrogen-bond acceptors (Lipinski definition) is 1. The van der Waals surface area contributed by atoms with Crippen molar-refractivity contribution in [1.82, 2.24) is 0 Å². The maximum absolute atomic E-state index is 12.7. The summed E-state index contributed by atoms with van der Waals surface area (Å²) in [4.78, 5) is 3.96. The van der Waals surface area contributed by atoms with Gasteiger partial charge < -0.3 is 0 Å². The van der Waals surface area contributed by atoms with Crippen molar-refractivity contribution >= 4 is 17.3 Å². The first kappa shape index (κ1) is 13.1. The van der Waals surface area contributed by atoms with Crippen molar-refractivity contribution in [3.63, 3.8) is 0 Å². The fraction of sp³-hybridized carbons (Fsp3) is 0.364. The third-order valence-corrected chi connectivity index (χ3v) is 2.13. The molecule has 0 spiro atoms. The van der Waals surface area contributed by atoms with Gasteiger partial charge in [0.2, 0.25) is 0 Å². The van der Waals surface area contributed by atoms with E-state index in [9.17, 15) is 4.39 Å². The van der Waals surface area contributed by atoms with Gasteiger partial charge in [-0.15, -0.1) is 0 Å². The minimum atomic E-state index is -1.19. The van der Waals surface area contributed by atoms with E-state index in [0.29, 0.717) is 11.3 Å². The van der Waals surface area contributed by atoms with E-state index in [-0.39, 0.29) is 5.03 Å². The van der Waals surface area contributed by atoms with Gasteiger partial charge in [0.15, 0.2) is 0 Å². The predicted molar refractivity (Wildman–Crippen MR) is 61.8 cm³/mol. The molecule has 0 heterocycles. The van der Waals surface area contributed by atoms with Crippen molar-refractivity contribution in [2.75, 3.05) is 7.05 Å². The van der Waals surface area contributed by atoms with Crippen LogP contribution in [0.3, 0.4) is 0 Å². The summed E-state index contributed by atoms with van der Waals surface area (Å²) in [6, 6.07) is 0. The summed E-state index contributed by atoms with van der Waals surface area (Å²) in [5, 5.41) is 0.119. The molecule has 0 saturated heterocycles. The zero-order valence-electron chi connectivity index (χ0n) is 8.77. The zero-order chi connectivity index (χ0) is 11.3. The summed E-state index contributed by atoms with van der Waals surface area (Å²) in [6.45, 7) is 10.7. The minimum Gasteiger partial charge on any atom is -0.288 e. The van der Waals surface area contributed by atoms with E-state index in [0.717, 1.165) is 5.57 Å². The van der Waals surface area contributed by atoms with Gasteiger partial charge in [-0.2, -0.15) is 0 Å². The largest absolute Gasteiger partial charge is 0.288 e. The topological polar surface area (TPSA) is 12.4 Å². The molecular formula is C11H15ClFN. The van der Waals surface area contributed by atoms with Crippen LogP contribution in [0.5, 0.6) is 0 Å². The predicted octanol–water partition coefficient (Wildman–Crippen LogP) is 3.67. The van der Waals surface area contributed by atoms with Gasteiger partial charge in [-0.1, -0.05) is 24.8 Å². The van der Waals surface area contributed by atoms with Gasteiger partial charge in [0.25, 0.3) is 0 Å². The number of halogens is 2. The van der Waals surface area contributed by atoms with E-state index in [2.05, 4.69) is 18.2 Å². The number of aliphatic imine (C=N–C) groups is 1. The molecule has 0 aromatic carbocycles. The van der Waals surface area contributed by atoms with Gasteiger partial charge in [-0.25, -0.2) is 4.39 Å². The van der Waals surface area contributed by atoms with Gasteiger partial charge in [-0.05, 0) is 31.1 Å². The fourth-order valence-electron chi connectivity index (χ4n) is 0.751. The third-order valence-electron chi connectivity index (χ3n) is 1.72. The van der Waals surface area contributed by atoms with Gasteiger partial charge in [0.1, 0.15) is 6.17 Å². The lowest BCUT2D eigenvalue weighted by molar-refractivity contribution is 0.424. The molecule has 0 saturated carbocycles. The summed E-state index contributed by atoms with van der Waals surface area (Å²) >= 11 is 5.67. The Morgan fingerprint density at radius 3 is 2.29 bits per heavy atom. The Morgan fingerprint density at radius 2 is 2.00 bits per heavy atom. The minimum absolute atomic E-state index is 0.119. The van der Waals surface area contributed by atoms with Crippen molar-refractivity contribution in [2.45, 2.75) is 20.0 Å². The summed E-state index contributed by atoms with van der Waals surface area (Å²) in [7, 11) is 1.60. The fourth-order valence-corrected chi connectivity index (χ4v) is 0.854. The van der Waals surface area contributed by atoms with Crippen LogP contribution in [0.25, 0.3) is 0 Å². The highest BCUT2D eigenvalue weighted by Crippen LogP contribution is 2.15. The maximum atomic E-state index is 12.7. The van der Waals surface area contributed by atoms with Gasteiger partial charge in [0.05, 0.1) is 10.7 Å². The molecule has 0 aliphatic heterocycles. The molecule has 0 aliphatic carbocycles. The first-order chi connectivity index (χ1) is 6.40. The highest BCUT2D eigenvalue weighted by molar-refractivity contribution is 6.32. The molecule has 0 aromatic rings. The molecule has 0 aliphatic rings. The molecule has 1 unspecified atom stereocenters. The second kappa shape index (κ2) is 5.76. The molecule has 14 heavy (non-hydrogen) atoms. The lowest BCUT2D eigenvalue weighted by Gasteiger charge is -2.06. The summed E-state index contributed by atoms with van der Waals surface area (Å²) in [6.07, 6.45) is 0.287. The van der Waals surface area contributed by atoms with Crippen molar-refractivity contribution in [2.24, 2.45) is 4.99 Å². The van der Waals surface area contributed by atoms with Crippen LogP contribution in [0.4, 0.5) is 4.39 Å². The molecule has 78 valence electrons. The standard InChI is InChI=1S/C11H15ClFN/c1-7(2)8(3)11(14-5)6-10(12)9(4)13/h6,9H,1,3H2,2,4-5H3. The van der Waals surface area contributed by atoms with Crippen LogP contribution in [0, 0.1) is 0 Å². The summed E-state index contributed by atoms with van der Waals surface area (Å²) in [5.74, 6) is 0. The van der Waals surface area contributed by atoms with Crippen molar-refractivity contribution in [1.29, 1.82) is 0 Å². The van der Waals surface area contributed by atoms with E-state index >= 15 is 0 Å². The molecule has 0 rings (SSSR count). The second-order valence-corrected chi connectivity index (χ2v) is 3.45. The van der Waals surface area contributed by atoms with E-state index in [1.165, 1.54) is 13.0 Å². The summed E-state index contributed by atoms with van der Waals surface area (Å²) in [5.41, 5.74) is 2.02. The molecule has 0 aromatic heterocycles. The van der Waals surface area contributed by atoms with Gasteiger partial charge in [0, 0.05) is 7.05 Å². The Labute approximate surface area is 89.7 Å². The Kier molecular flexibility index (Phi) is 5.39. The Bertz CT molecular complexity index is 300. The highest BCUT2D eigenvalue weighted by Gasteiger charge is 2.07. The average molecular weight is 216 g/mol. The van der Waals surface area contributed by atoms with Gasteiger partial charge in [-0.3, -0.25) is 4.99 Å². The number of nitrogens with zero attached hydrogens (tertiary/aromatic N) is 1. The molecule has 0 radical (unpaired) electrons. The van der Waals surface area contributed by atoms with E-state index in [1.54, 1.807) is 7.05 Å². The normalized spacial score (nSPS) is 15.2. The van der Waals surface area contributed by atoms with E-state index < -0.39 is 6.17 Å². The summed E-state index contributed by atoms with van der Waals surface area (Å²) < 4.78 is 12.7. The molecule has 1 nitrogen and oxygen atoms in total. The van der Waals surface area contributed by atoms with Crippen LogP contribution in [-0.2, 0) is 0 Å². The third kappa shape index (κ3) is 3.88. The molecule has 0 amide bonds. The second-order valence-electron chi connectivity index (χ2n) is 3.01. The number of allylic oxidation sites excluding steroid dienone is 4. The molecule has 0 fully saturated rings. The van der Waals surface area contributed by atoms with Crippen molar-refractivity contribution in [3.05, 3.63) is 35.4 Å².